The van der Waals surface area contributed by atoms with E-state index in [1.807, 2.05) is 19.2 Å². The van der Waals surface area contributed by atoms with Crippen molar-refractivity contribution in [1.82, 2.24) is 4.98 Å². The average molecular weight is 235 g/mol. The molecular weight excluding hydrogens is 214 g/mol. The molecule has 2 atom stereocenters. The van der Waals surface area contributed by atoms with Crippen LogP contribution in [0.3, 0.4) is 0 Å². The zero-order chi connectivity index (χ0) is 12.3. The van der Waals surface area contributed by atoms with E-state index in [9.17, 15) is 5.11 Å². The van der Waals surface area contributed by atoms with Gasteiger partial charge in [0.15, 0.2) is 0 Å². The van der Waals surface area contributed by atoms with Crippen LogP contribution in [0.5, 0.6) is 0 Å². The normalized spacial score (nSPS) is 24.6. The summed E-state index contributed by atoms with van der Waals surface area (Å²) in [4.78, 5) is 6.48. The molecule has 0 aliphatic heterocycles. The predicted molar refractivity (Wildman–Crippen MR) is 68.8 cm³/mol. The minimum Gasteiger partial charge on any atom is -0.391 e. The Labute approximate surface area is 102 Å². The van der Waals surface area contributed by atoms with Gasteiger partial charge in [0.05, 0.1) is 12.1 Å². The molecule has 0 spiro atoms. The van der Waals surface area contributed by atoms with Crippen LogP contribution in [0.15, 0.2) is 18.3 Å². The molecule has 0 radical (unpaired) electrons. The van der Waals surface area contributed by atoms with Crippen LogP contribution in [0.2, 0.25) is 0 Å². The number of pyridine rings is 1. The van der Waals surface area contributed by atoms with Crippen LogP contribution in [0, 0.1) is 0 Å². The van der Waals surface area contributed by atoms with Gasteiger partial charge in [0, 0.05) is 19.8 Å². The quantitative estimate of drug-likeness (QED) is 0.828. The number of anilines is 1. The summed E-state index contributed by atoms with van der Waals surface area (Å²) in [5.74, 6) is 0.910. The van der Waals surface area contributed by atoms with E-state index in [1.54, 1.807) is 6.20 Å². The molecule has 0 saturated heterocycles. The number of nitrogens with zero attached hydrogens (tertiary/aromatic N) is 2. The van der Waals surface area contributed by atoms with Gasteiger partial charge in [-0.05, 0) is 24.5 Å². The number of likely N-dealkylation sites (N-methyl/N-ethyl adjacent to an activating group) is 1. The second-order valence-electron chi connectivity index (χ2n) is 4.76. The first-order valence-corrected chi connectivity index (χ1v) is 6.28. The van der Waals surface area contributed by atoms with Crippen LogP contribution < -0.4 is 10.6 Å². The molecule has 1 aromatic heterocycles. The van der Waals surface area contributed by atoms with E-state index < -0.39 is 0 Å². The van der Waals surface area contributed by atoms with Gasteiger partial charge in [0.25, 0.3) is 0 Å². The number of hydrogen-bond donors (Lipinski definition) is 2. The van der Waals surface area contributed by atoms with Crippen molar-refractivity contribution < 1.29 is 5.11 Å². The zero-order valence-corrected chi connectivity index (χ0v) is 10.3. The van der Waals surface area contributed by atoms with Crippen LogP contribution in [0.1, 0.15) is 31.2 Å². The zero-order valence-electron chi connectivity index (χ0n) is 10.3. The molecule has 4 heteroatoms. The Balaban J connectivity index is 2.09. The van der Waals surface area contributed by atoms with Gasteiger partial charge < -0.3 is 15.7 Å². The monoisotopic (exact) mass is 235 g/mol. The maximum Gasteiger partial charge on any atom is 0.128 e. The highest BCUT2D eigenvalue weighted by molar-refractivity contribution is 5.40. The highest BCUT2D eigenvalue weighted by Gasteiger charge is 2.27. The van der Waals surface area contributed by atoms with Crippen molar-refractivity contribution in [3.05, 3.63) is 23.9 Å². The Morgan fingerprint density at radius 2 is 2.18 bits per heavy atom. The van der Waals surface area contributed by atoms with E-state index in [4.69, 9.17) is 5.73 Å². The molecule has 17 heavy (non-hydrogen) atoms. The van der Waals surface area contributed by atoms with Gasteiger partial charge in [0.2, 0.25) is 0 Å². The highest BCUT2D eigenvalue weighted by Crippen LogP contribution is 2.25. The Morgan fingerprint density at radius 3 is 2.76 bits per heavy atom. The van der Waals surface area contributed by atoms with Crippen molar-refractivity contribution in [3.63, 3.8) is 0 Å². The Bertz CT molecular complexity index is 352. The summed E-state index contributed by atoms with van der Waals surface area (Å²) < 4.78 is 0. The molecule has 4 nitrogen and oxygen atoms in total. The number of hydrogen-bond acceptors (Lipinski definition) is 4. The molecular formula is C13H21N3O. The lowest BCUT2D eigenvalue weighted by atomic mass is 9.91. The summed E-state index contributed by atoms with van der Waals surface area (Å²) in [6.45, 7) is 0.517. The second kappa shape index (κ2) is 5.47. The lowest BCUT2D eigenvalue weighted by Gasteiger charge is -2.35. The first kappa shape index (κ1) is 12.3. The van der Waals surface area contributed by atoms with Crippen molar-refractivity contribution in [2.24, 2.45) is 5.73 Å². The summed E-state index contributed by atoms with van der Waals surface area (Å²) in [5, 5.41) is 10.0. The van der Waals surface area contributed by atoms with E-state index >= 15 is 0 Å². The third-order valence-corrected chi connectivity index (χ3v) is 3.60. The fraction of sp³-hybridized carbons (Fsp3) is 0.615. The van der Waals surface area contributed by atoms with Gasteiger partial charge >= 0.3 is 0 Å². The molecule has 3 N–H and O–H groups in total. The van der Waals surface area contributed by atoms with Crippen molar-refractivity contribution in [1.29, 1.82) is 0 Å². The van der Waals surface area contributed by atoms with E-state index in [-0.39, 0.29) is 12.1 Å². The molecule has 2 unspecified atom stereocenters. The van der Waals surface area contributed by atoms with Crippen LogP contribution in [0.4, 0.5) is 5.82 Å². The van der Waals surface area contributed by atoms with Crippen molar-refractivity contribution >= 4 is 5.82 Å². The molecule has 0 amide bonds. The van der Waals surface area contributed by atoms with Gasteiger partial charge in [-0.25, -0.2) is 4.98 Å². The fourth-order valence-electron chi connectivity index (χ4n) is 2.46. The van der Waals surface area contributed by atoms with Crippen LogP contribution >= 0.6 is 0 Å². The van der Waals surface area contributed by atoms with Crippen LogP contribution in [-0.2, 0) is 6.54 Å². The molecule has 1 fully saturated rings. The molecule has 1 aliphatic carbocycles. The first-order chi connectivity index (χ1) is 8.22. The van der Waals surface area contributed by atoms with E-state index in [0.29, 0.717) is 6.54 Å². The largest absolute Gasteiger partial charge is 0.391 e. The van der Waals surface area contributed by atoms with E-state index in [0.717, 1.165) is 30.6 Å². The summed E-state index contributed by atoms with van der Waals surface area (Å²) in [5.41, 5.74) is 6.58. The fourth-order valence-corrected chi connectivity index (χ4v) is 2.46. The van der Waals surface area contributed by atoms with E-state index in [1.165, 1.54) is 6.42 Å². The lowest BCUT2D eigenvalue weighted by molar-refractivity contribution is 0.106. The van der Waals surface area contributed by atoms with Gasteiger partial charge in [-0.3, -0.25) is 0 Å². The smallest absolute Gasteiger partial charge is 0.128 e. The predicted octanol–water partition coefficient (Wildman–Crippen LogP) is 1.28. The molecule has 94 valence electrons. The topological polar surface area (TPSA) is 62.4 Å². The molecule has 0 bridgehead atoms. The standard InChI is InChI=1S/C13H21N3O/c1-16(11-4-2-3-5-12(11)17)13-7-6-10(8-14)9-15-13/h6-7,9,11-12,17H,2-5,8,14H2,1H3. The lowest BCUT2D eigenvalue weighted by Crippen LogP contribution is -2.43. The maximum absolute atomic E-state index is 10.0. The molecule has 1 heterocycles. The van der Waals surface area contributed by atoms with Crippen molar-refractivity contribution in [2.75, 3.05) is 11.9 Å². The number of rotatable bonds is 3. The van der Waals surface area contributed by atoms with Gasteiger partial charge in [-0.2, -0.15) is 0 Å². The molecule has 1 saturated carbocycles. The SMILES string of the molecule is CN(c1ccc(CN)cn1)C1CCCCC1O. The highest BCUT2D eigenvalue weighted by atomic mass is 16.3. The van der Waals surface area contributed by atoms with E-state index in [2.05, 4.69) is 9.88 Å². The number of nitrogens with two attached hydrogens (primary N) is 1. The molecule has 1 aliphatic rings. The number of aromatic nitrogens is 1. The minimum absolute atomic E-state index is 0.194. The minimum atomic E-state index is -0.232. The van der Waals surface area contributed by atoms with Crippen LogP contribution in [0.25, 0.3) is 0 Å². The molecule has 1 aromatic rings. The van der Waals surface area contributed by atoms with Gasteiger partial charge in [0.1, 0.15) is 5.82 Å². The third-order valence-electron chi connectivity index (χ3n) is 3.60. The Kier molecular flexibility index (Phi) is 3.97. The second-order valence-corrected chi connectivity index (χ2v) is 4.76. The third kappa shape index (κ3) is 2.76. The number of aliphatic hydroxyl groups is 1. The summed E-state index contributed by atoms with van der Waals surface area (Å²) in [7, 11) is 2.00. The molecule has 2 rings (SSSR count). The average Bonchev–Trinajstić information content (AvgIpc) is 2.39. The van der Waals surface area contributed by atoms with Crippen molar-refractivity contribution in [2.45, 2.75) is 44.4 Å². The maximum atomic E-state index is 10.0. The first-order valence-electron chi connectivity index (χ1n) is 6.28. The van der Waals surface area contributed by atoms with Gasteiger partial charge in [-0.1, -0.05) is 18.9 Å². The van der Waals surface area contributed by atoms with Crippen LogP contribution in [-0.4, -0.2) is 29.3 Å². The Morgan fingerprint density at radius 1 is 1.41 bits per heavy atom. The number of aliphatic hydroxyl groups excluding tert-OH is 1. The molecule has 0 aromatic carbocycles. The summed E-state index contributed by atoms with van der Waals surface area (Å²) >= 11 is 0. The van der Waals surface area contributed by atoms with Gasteiger partial charge in [-0.15, -0.1) is 0 Å². The Hall–Kier alpha value is -1.13. The summed E-state index contributed by atoms with van der Waals surface area (Å²) in [6.07, 6.45) is 5.83. The summed E-state index contributed by atoms with van der Waals surface area (Å²) in [6, 6.07) is 4.16. The van der Waals surface area contributed by atoms with Crippen molar-refractivity contribution in [3.8, 4) is 0 Å².